The van der Waals surface area contributed by atoms with Crippen molar-refractivity contribution in [2.45, 2.75) is 89.2 Å². The van der Waals surface area contributed by atoms with Crippen molar-refractivity contribution >= 4 is 11.8 Å². The molecule has 32 heavy (non-hydrogen) atoms. The molecule has 0 spiro atoms. The minimum atomic E-state index is -0.781. The van der Waals surface area contributed by atoms with E-state index in [0.29, 0.717) is 12.2 Å². The predicted molar refractivity (Wildman–Crippen MR) is 125 cm³/mol. The Kier molecular flexibility index (Phi) is 6.12. The van der Waals surface area contributed by atoms with Crippen LogP contribution in [0.5, 0.6) is 5.75 Å². The van der Waals surface area contributed by atoms with E-state index in [2.05, 4.69) is 36.8 Å². The Bertz CT molecular complexity index is 1010. The minimum Gasteiger partial charge on any atom is -0.490 e. The average molecular weight is 439 g/mol. The highest BCUT2D eigenvalue weighted by Gasteiger charge is 2.37. The van der Waals surface area contributed by atoms with E-state index in [1.165, 1.54) is 11.9 Å². The number of rotatable bonds is 6. The van der Waals surface area contributed by atoms with Crippen molar-refractivity contribution in [3.05, 3.63) is 35.2 Å². The van der Waals surface area contributed by atoms with Crippen molar-refractivity contribution in [3.8, 4) is 17.0 Å². The molecular formula is C25H34N4O3. The van der Waals surface area contributed by atoms with Gasteiger partial charge in [-0.25, -0.2) is 9.97 Å². The smallest absolute Gasteiger partial charge is 0.303 e. The zero-order valence-corrected chi connectivity index (χ0v) is 19.2. The molecule has 1 heterocycles. The van der Waals surface area contributed by atoms with Crippen LogP contribution in [0.4, 0.5) is 5.82 Å². The second kappa shape index (κ2) is 8.70. The van der Waals surface area contributed by atoms with Gasteiger partial charge in [-0.1, -0.05) is 20.8 Å². The Hall–Kier alpha value is -2.67. The topological polar surface area (TPSA) is 124 Å². The van der Waals surface area contributed by atoms with Crippen LogP contribution in [0.1, 0.15) is 81.9 Å². The lowest BCUT2D eigenvalue weighted by Crippen LogP contribution is -2.32. The maximum atomic E-state index is 11.3. The zero-order chi connectivity index (χ0) is 23.0. The van der Waals surface area contributed by atoms with E-state index < -0.39 is 5.97 Å². The van der Waals surface area contributed by atoms with Crippen molar-refractivity contribution in [2.75, 3.05) is 5.73 Å². The second-order valence-corrected chi connectivity index (χ2v) is 10.0. The van der Waals surface area contributed by atoms with Crippen LogP contribution < -0.4 is 16.2 Å². The van der Waals surface area contributed by atoms with Gasteiger partial charge in [0.1, 0.15) is 17.9 Å². The number of aromatic nitrogens is 2. The number of ether oxygens (including phenoxy) is 1. The van der Waals surface area contributed by atoms with E-state index in [9.17, 15) is 9.90 Å². The van der Waals surface area contributed by atoms with Crippen LogP contribution in [-0.2, 0) is 16.6 Å². The van der Waals surface area contributed by atoms with E-state index in [1.54, 1.807) is 0 Å². The number of nitrogens with two attached hydrogens (primary N) is 2. The van der Waals surface area contributed by atoms with E-state index >= 15 is 0 Å². The normalized spacial score (nSPS) is 22.5. The Morgan fingerprint density at radius 3 is 2.66 bits per heavy atom. The van der Waals surface area contributed by atoms with Gasteiger partial charge in [0.25, 0.3) is 0 Å². The predicted octanol–water partition coefficient (Wildman–Crippen LogP) is 4.18. The van der Waals surface area contributed by atoms with Crippen molar-refractivity contribution in [1.82, 2.24) is 9.97 Å². The lowest BCUT2D eigenvalue weighted by Gasteiger charge is -2.37. The van der Waals surface area contributed by atoms with E-state index in [0.717, 1.165) is 60.2 Å². The molecule has 1 aromatic heterocycles. The fourth-order valence-electron chi connectivity index (χ4n) is 5.37. The van der Waals surface area contributed by atoms with Gasteiger partial charge in [-0.3, -0.25) is 4.79 Å². The van der Waals surface area contributed by atoms with Crippen LogP contribution in [0, 0.1) is 0 Å². The van der Waals surface area contributed by atoms with E-state index in [4.69, 9.17) is 16.2 Å². The first kappa shape index (κ1) is 22.5. The molecule has 7 heteroatoms. The summed E-state index contributed by atoms with van der Waals surface area (Å²) in [5, 5.41) is 9.27. The number of hydrogen-bond acceptors (Lipinski definition) is 6. The monoisotopic (exact) mass is 438 g/mol. The van der Waals surface area contributed by atoms with Gasteiger partial charge in [0.2, 0.25) is 0 Å². The number of carboxylic acid groups (broad SMARTS) is 1. The molecule has 2 aliphatic carbocycles. The zero-order valence-electron chi connectivity index (χ0n) is 19.2. The van der Waals surface area contributed by atoms with Crippen LogP contribution in [0.2, 0.25) is 0 Å². The summed E-state index contributed by atoms with van der Waals surface area (Å²) < 4.78 is 6.55. The molecule has 0 aliphatic heterocycles. The van der Waals surface area contributed by atoms with Crippen LogP contribution in [0.15, 0.2) is 18.5 Å². The van der Waals surface area contributed by atoms with Gasteiger partial charge >= 0.3 is 5.97 Å². The highest BCUT2D eigenvalue weighted by Crippen LogP contribution is 2.49. The van der Waals surface area contributed by atoms with Gasteiger partial charge in [-0.15, -0.1) is 0 Å². The molecule has 1 aromatic carbocycles. The van der Waals surface area contributed by atoms with Crippen LogP contribution in [-0.4, -0.2) is 33.2 Å². The first-order chi connectivity index (χ1) is 15.2. The molecule has 0 saturated heterocycles. The summed E-state index contributed by atoms with van der Waals surface area (Å²) in [6.45, 7) is 6.42. The molecule has 0 amide bonds. The molecule has 1 atom stereocenters. The van der Waals surface area contributed by atoms with E-state index in [1.807, 2.05) is 6.07 Å². The molecule has 4 rings (SSSR count). The van der Waals surface area contributed by atoms with Crippen LogP contribution in [0.3, 0.4) is 0 Å². The largest absolute Gasteiger partial charge is 0.490 e. The number of fused-ring (bicyclic) bond motifs is 3. The standard InChI is InChI=1S/C25H34N4O3/c1-14(4-11-20(30)31)21-18-12-25(2,3)22-23(28-13-29-24(22)27)17(18)9-10-19(21)32-16-7-5-15(26)6-8-16/h9-10,13-16H,4-8,11-12,26H2,1-3H3,(H,30,31)(H2,27,28,29). The Labute approximate surface area is 189 Å². The first-order valence-corrected chi connectivity index (χ1v) is 11.6. The molecule has 2 aliphatic rings. The lowest BCUT2D eigenvalue weighted by atomic mass is 9.69. The molecule has 0 bridgehead atoms. The first-order valence-electron chi connectivity index (χ1n) is 11.6. The number of anilines is 1. The Morgan fingerprint density at radius 2 is 1.97 bits per heavy atom. The summed E-state index contributed by atoms with van der Waals surface area (Å²) in [7, 11) is 0. The summed E-state index contributed by atoms with van der Waals surface area (Å²) in [6.07, 6.45) is 6.92. The third kappa shape index (κ3) is 4.31. The highest BCUT2D eigenvalue weighted by molar-refractivity contribution is 5.78. The molecule has 0 radical (unpaired) electrons. The summed E-state index contributed by atoms with van der Waals surface area (Å²) >= 11 is 0. The molecule has 1 saturated carbocycles. The van der Waals surface area contributed by atoms with Crippen molar-refractivity contribution < 1.29 is 14.6 Å². The number of hydrogen-bond donors (Lipinski definition) is 3. The van der Waals surface area contributed by atoms with Gasteiger partial charge in [0.05, 0.1) is 11.8 Å². The maximum Gasteiger partial charge on any atom is 0.303 e. The summed E-state index contributed by atoms with van der Waals surface area (Å²) in [6, 6.07) is 4.36. The molecule has 5 N–H and O–H groups in total. The molecule has 2 aromatic rings. The van der Waals surface area contributed by atoms with Gasteiger partial charge in [0.15, 0.2) is 0 Å². The molecule has 1 fully saturated rings. The van der Waals surface area contributed by atoms with Crippen molar-refractivity contribution in [2.24, 2.45) is 5.73 Å². The minimum absolute atomic E-state index is 0.0402. The number of carbonyl (C=O) groups is 1. The van der Waals surface area contributed by atoms with Gasteiger partial charge in [-0.05, 0) is 67.6 Å². The molecular weight excluding hydrogens is 404 g/mol. The summed E-state index contributed by atoms with van der Waals surface area (Å²) in [5.41, 5.74) is 17.3. The SMILES string of the molecule is CC(CCC(=O)O)c1c(OC2CCC(N)CC2)ccc2c1CC(C)(C)c1c(N)ncnc1-2. The lowest BCUT2D eigenvalue weighted by molar-refractivity contribution is -0.137. The molecule has 7 nitrogen and oxygen atoms in total. The van der Waals surface area contributed by atoms with Gasteiger partial charge < -0.3 is 21.3 Å². The average Bonchev–Trinajstić information content (AvgIpc) is 2.73. The van der Waals surface area contributed by atoms with E-state index in [-0.39, 0.29) is 29.9 Å². The summed E-state index contributed by atoms with van der Waals surface area (Å²) in [5.74, 6) is 0.642. The highest BCUT2D eigenvalue weighted by atomic mass is 16.5. The quantitative estimate of drug-likeness (QED) is 0.618. The third-order valence-electron chi connectivity index (χ3n) is 7.04. The number of benzene rings is 1. The number of nitrogens with zero attached hydrogens (tertiary/aromatic N) is 2. The number of carboxylic acids is 1. The Balaban J connectivity index is 1.80. The fourth-order valence-corrected chi connectivity index (χ4v) is 5.37. The molecule has 1 unspecified atom stereocenters. The van der Waals surface area contributed by atoms with Crippen LogP contribution in [0.25, 0.3) is 11.3 Å². The Morgan fingerprint density at radius 1 is 1.25 bits per heavy atom. The fraction of sp³-hybridized carbons (Fsp3) is 0.560. The van der Waals surface area contributed by atoms with Crippen molar-refractivity contribution in [3.63, 3.8) is 0 Å². The summed E-state index contributed by atoms with van der Waals surface area (Å²) in [4.78, 5) is 20.1. The van der Waals surface area contributed by atoms with Gasteiger partial charge in [-0.2, -0.15) is 0 Å². The van der Waals surface area contributed by atoms with Crippen LogP contribution >= 0.6 is 0 Å². The maximum absolute atomic E-state index is 11.3. The number of aliphatic carboxylic acids is 1. The number of nitrogen functional groups attached to an aromatic ring is 1. The van der Waals surface area contributed by atoms with Gasteiger partial charge in [0, 0.05) is 29.2 Å². The van der Waals surface area contributed by atoms with Crippen molar-refractivity contribution in [1.29, 1.82) is 0 Å². The second-order valence-electron chi connectivity index (χ2n) is 10.0. The molecule has 172 valence electrons. The third-order valence-corrected chi connectivity index (χ3v) is 7.04.